The molecule has 142 valence electrons. The molecule has 1 atom stereocenters. The topological polar surface area (TPSA) is 110 Å². The Bertz CT molecular complexity index is 861. The lowest BCUT2D eigenvalue weighted by atomic mass is 9.96. The number of nitrogens with two attached hydrogens (primary N) is 1. The average Bonchev–Trinajstić information content (AvgIpc) is 3.15. The highest BCUT2D eigenvalue weighted by Crippen LogP contribution is 2.22. The van der Waals surface area contributed by atoms with Gasteiger partial charge in [-0.15, -0.1) is 0 Å². The third-order valence-electron chi connectivity index (χ3n) is 4.68. The number of rotatable bonds is 5. The summed E-state index contributed by atoms with van der Waals surface area (Å²) in [5, 5.41) is 2.70. The Labute approximate surface area is 157 Å². The van der Waals surface area contributed by atoms with Crippen LogP contribution in [0, 0.1) is 5.92 Å². The van der Waals surface area contributed by atoms with Gasteiger partial charge in [0.2, 0.25) is 11.8 Å². The van der Waals surface area contributed by atoms with Crippen LogP contribution < -0.4 is 11.1 Å². The first kappa shape index (κ1) is 18.6. The molecular formula is C19H23N5O3. The van der Waals surface area contributed by atoms with Gasteiger partial charge in [0.05, 0.1) is 35.7 Å². The smallest absolute Gasteiger partial charge is 0.256 e. The van der Waals surface area contributed by atoms with E-state index in [-0.39, 0.29) is 23.6 Å². The highest BCUT2D eigenvalue weighted by Gasteiger charge is 2.28. The number of primary amides is 1. The van der Waals surface area contributed by atoms with Gasteiger partial charge >= 0.3 is 0 Å². The zero-order valence-electron chi connectivity index (χ0n) is 15.2. The number of aromatic nitrogens is 2. The van der Waals surface area contributed by atoms with Crippen LogP contribution in [-0.4, -0.2) is 45.3 Å². The molecule has 1 fully saturated rings. The van der Waals surface area contributed by atoms with Crippen LogP contribution in [0.5, 0.6) is 0 Å². The standard InChI is InChI=1S/C19H23N5O3/c1-13(25)21-9-15-11-24(12-22-15)17-7-3-2-6-16(17)19(27)23-8-4-5-14(10-23)18(20)26/h2-3,6-7,11-12,14H,4-5,8-10H2,1H3,(H2,20,26)(H,21,25)/t14-/m0/s1. The van der Waals surface area contributed by atoms with Crippen molar-refractivity contribution in [3.63, 3.8) is 0 Å². The number of hydrogen-bond acceptors (Lipinski definition) is 4. The number of amides is 3. The van der Waals surface area contributed by atoms with Crippen molar-refractivity contribution in [2.24, 2.45) is 11.7 Å². The normalized spacial score (nSPS) is 16.8. The molecule has 3 N–H and O–H groups in total. The van der Waals surface area contributed by atoms with Crippen molar-refractivity contribution in [2.75, 3.05) is 13.1 Å². The minimum Gasteiger partial charge on any atom is -0.369 e. The van der Waals surface area contributed by atoms with Crippen LogP contribution in [0.2, 0.25) is 0 Å². The summed E-state index contributed by atoms with van der Waals surface area (Å²) in [6, 6.07) is 7.26. The van der Waals surface area contributed by atoms with Crippen molar-refractivity contribution in [1.82, 2.24) is 19.8 Å². The van der Waals surface area contributed by atoms with E-state index < -0.39 is 0 Å². The summed E-state index contributed by atoms with van der Waals surface area (Å²) in [6.45, 7) is 2.72. The average molecular weight is 369 g/mol. The van der Waals surface area contributed by atoms with Crippen LogP contribution in [-0.2, 0) is 16.1 Å². The number of hydrogen-bond donors (Lipinski definition) is 2. The number of nitrogens with zero attached hydrogens (tertiary/aromatic N) is 3. The summed E-state index contributed by atoms with van der Waals surface area (Å²) in [5.74, 6) is -0.923. The highest BCUT2D eigenvalue weighted by atomic mass is 16.2. The summed E-state index contributed by atoms with van der Waals surface area (Å²) in [7, 11) is 0. The van der Waals surface area contributed by atoms with E-state index in [2.05, 4.69) is 10.3 Å². The van der Waals surface area contributed by atoms with Gasteiger partial charge in [-0.1, -0.05) is 12.1 Å². The Morgan fingerprint density at radius 2 is 2.07 bits per heavy atom. The van der Waals surface area contributed by atoms with Crippen molar-refractivity contribution < 1.29 is 14.4 Å². The molecule has 8 heteroatoms. The number of para-hydroxylation sites is 1. The van der Waals surface area contributed by atoms with Crippen LogP contribution in [0.25, 0.3) is 5.69 Å². The Morgan fingerprint density at radius 3 is 2.81 bits per heavy atom. The number of nitrogens with one attached hydrogen (secondary N) is 1. The van der Waals surface area contributed by atoms with E-state index in [9.17, 15) is 14.4 Å². The van der Waals surface area contributed by atoms with Crippen molar-refractivity contribution in [3.8, 4) is 5.69 Å². The van der Waals surface area contributed by atoms with E-state index in [0.29, 0.717) is 36.6 Å². The maximum absolute atomic E-state index is 13.1. The van der Waals surface area contributed by atoms with Crippen molar-refractivity contribution in [1.29, 1.82) is 0 Å². The summed E-state index contributed by atoms with van der Waals surface area (Å²) in [6.07, 6.45) is 4.87. The monoisotopic (exact) mass is 369 g/mol. The van der Waals surface area contributed by atoms with Crippen molar-refractivity contribution >= 4 is 17.7 Å². The quantitative estimate of drug-likeness (QED) is 0.814. The van der Waals surface area contributed by atoms with E-state index in [1.165, 1.54) is 6.92 Å². The molecule has 27 heavy (non-hydrogen) atoms. The summed E-state index contributed by atoms with van der Waals surface area (Å²) < 4.78 is 1.76. The van der Waals surface area contributed by atoms with E-state index in [1.807, 2.05) is 12.1 Å². The molecule has 2 heterocycles. The number of carbonyl (C=O) groups is 3. The van der Waals surface area contributed by atoms with E-state index in [0.717, 1.165) is 12.8 Å². The molecule has 0 aliphatic carbocycles. The highest BCUT2D eigenvalue weighted by molar-refractivity contribution is 5.98. The molecule has 0 bridgehead atoms. The van der Waals surface area contributed by atoms with Crippen molar-refractivity contribution in [3.05, 3.63) is 48.0 Å². The lowest BCUT2D eigenvalue weighted by molar-refractivity contribution is -0.123. The van der Waals surface area contributed by atoms with Gasteiger partial charge in [-0.25, -0.2) is 4.98 Å². The maximum atomic E-state index is 13.1. The molecule has 1 aromatic heterocycles. The number of benzene rings is 1. The van der Waals surface area contributed by atoms with Gasteiger partial charge in [-0.2, -0.15) is 0 Å². The van der Waals surface area contributed by atoms with Gasteiger partial charge in [0.15, 0.2) is 0 Å². The molecule has 0 unspecified atom stereocenters. The first-order valence-corrected chi connectivity index (χ1v) is 8.91. The second-order valence-corrected chi connectivity index (χ2v) is 6.69. The molecule has 1 aliphatic heterocycles. The zero-order chi connectivity index (χ0) is 19.4. The van der Waals surface area contributed by atoms with Gasteiger partial charge in [-0.3, -0.25) is 14.4 Å². The van der Waals surface area contributed by atoms with Gasteiger partial charge in [-0.05, 0) is 25.0 Å². The van der Waals surface area contributed by atoms with Crippen LogP contribution in [0.3, 0.4) is 0 Å². The molecule has 0 saturated carbocycles. The molecule has 0 radical (unpaired) electrons. The van der Waals surface area contributed by atoms with E-state index >= 15 is 0 Å². The summed E-state index contributed by atoms with van der Waals surface area (Å²) >= 11 is 0. The largest absolute Gasteiger partial charge is 0.369 e. The second kappa shape index (κ2) is 8.03. The molecule has 8 nitrogen and oxygen atoms in total. The third kappa shape index (κ3) is 4.33. The first-order valence-electron chi connectivity index (χ1n) is 8.91. The van der Waals surface area contributed by atoms with Gasteiger partial charge < -0.3 is 20.5 Å². The number of imidazole rings is 1. The van der Waals surface area contributed by atoms with Gasteiger partial charge in [0.25, 0.3) is 5.91 Å². The third-order valence-corrected chi connectivity index (χ3v) is 4.68. The minimum atomic E-state index is -0.363. The first-order chi connectivity index (χ1) is 13.0. The van der Waals surface area contributed by atoms with Crippen LogP contribution in [0.1, 0.15) is 35.8 Å². The Morgan fingerprint density at radius 1 is 1.30 bits per heavy atom. The van der Waals surface area contributed by atoms with E-state index in [4.69, 9.17) is 5.73 Å². The predicted octanol–water partition coefficient (Wildman–Crippen LogP) is 0.846. The fourth-order valence-electron chi connectivity index (χ4n) is 3.25. The van der Waals surface area contributed by atoms with E-state index in [1.54, 1.807) is 34.1 Å². The van der Waals surface area contributed by atoms with Gasteiger partial charge in [0, 0.05) is 26.2 Å². The molecule has 1 saturated heterocycles. The summed E-state index contributed by atoms with van der Waals surface area (Å²) in [5.41, 5.74) is 7.35. The molecule has 3 rings (SSSR count). The minimum absolute atomic E-state index is 0.130. The SMILES string of the molecule is CC(=O)NCc1cn(-c2ccccc2C(=O)N2CCC[C@H](C(N)=O)C2)cn1. The fourth-order valence-corrected chi connectivity index (χ4v) is 3.25. The Hall–Kier alpha value is -3.16. The summed E-state index contributed by atoms with van der Waals surface area (Å²) in [4.78, 5) is 41.6. The second-order valence-electron chi connectivity index (χ2n) is 6.69. The fraction of sp³-hybridized carbons (Fsp3) is 0.368. The molecule has 1 aromatic carbocycles. The lowest BCUT2D eigenvalue weighted by Crippen LogP contribution is -2.44. The zero-order valence-corrected chi connectivity index (χ0v) is 15.2. The Kier molecular flexibility index (Phi) is 5.54. The molecule has 0 spiro atoms. The van der Waals surface area contributed by atoms with Crippen molar-refractivity contribution in [2.45, 2.75) is 26.3 Å². The molecule has 3 amide bonds. The van der Waals surface area contributed by atoms with Crippen LogP contribution >= 0.6 is 0 Å². The maximum Gasteiger partial charge on any atom is 0.256 e. The van der Waals surface area contributed by atoms with Gasteiger partial charge in [0.1, 0.15) is 0 Å². The predicted molar refractivity (Wildman–Crippen MR) is 98.9 cm³/mol. The number of carbonyl (C=O) groups excluding carboxylic acids is 3. The number of likely N-dealkylation sites (tertiary alicyclic amines) is 1. The molecular weight excluding hydrogens is 346 g/mol. The number of piperidine rings is 1. The molecule has 2 aromatic rings. The lowest BCUT2D eigenvalue weighted by Gasteiger charge is -2.31. The van der Waals surface area contributed by atoms with Crippen LogP contribution in [0.15, 0.2) is 36.8 Å². The Balaban J connectivity index is 1.82. The van der Waals surface area contributed by atoms with Crippen LogP contribution in [0.4, 0.5) is 0 Å². The molecule has 1 aliphatic rings.